The second-order valence-electron chi connectivity index (χ2n) is 2.37. The predicted molar refractivity (Wildman–Crippen MR) is 39.8 cm³/mol. The Balaban J connectivity index is 2.39. The lowest BCUT2D eigenvalue weighted by atomic mass is 10.5. The van der Waals surface area contributed by atoms with E-state index in [-0.39, 0.29) is 0 Å². The van der Waals surface area contributed by atoms with Crippen LogP contribution < -0.4 is 0 Å². The molecule has 0 fully saturated rings. The van der Waals surface area contributed by atoms with Gasteiger partial charge in [-0.2, -0.15) is 5.10 Å². The van der Waals surface area contributed by atoms with E-state index in [0.717, 1.165) is 19.0 Å². The Labute approximate surface area is 64.5 Å². The van der Waals surface area contributed by atoms with Crippen molar-refractivity contribution in [3.63, 3.8) is 0 Å². The molecule has 2 rings (SSSR count). The number of aromatic nitrogens is 3. The summed E-state index contributed by atoms with van der Waals surface area (Å²) < 4.78 is 7.06. The average Bonchev–Trinajstić information content (AvgIpc) is 2.46. The lowest BCUT2D eigenvalue weighted by Gasteiger charge is -2.11. The van der Waals surface area contributed by atoms with Crippen molar-refractivity contribution < 1.29 is 4.74 Å². The molecule has 0 radical (unpaired) electrons. The standard InChI is InChI=1S/C7H9N3O/c1-2-6-8-7-5-11-4-3-10(7)9-6/h2H,1,3-5H2. The van der Waals surface area contributed by atoms with Crippen molar-refractivity contribution >= 4 is 6.08 Å². The van der Waals surface area contributed by atoms with Crippen molar-refractivity contribution in [1.29, 1.82) is 0 Å². The Hall–Kier alpha value is -1.16. The Morgan fingerprint density at radius 2 is 2.55 bits per heavy atom. The third-order valence-corrected chi connectivity index (χ3v) is 1.63. The molecule has 58 valence electrons. The molecule has 4 nitrogen and oxygen atoms in total. The SMILES string of the molecule is C=Cc1nc2n(n1)CCOC2. The zero-order valence-electron chi connectivity index (χ0n) is 6.16. The first-order chi connectivity index (χ1) is 5.40. The van der Waals surface area contributed by atoms with Gasteiger partial charge in [0.1, 0.15) is 6.61 Å². The topological polar surface area (TPSA) is 39.9 Å². The van der Waals surface area contributed by atoms with Gasteiger partial charge in [0, 0.05) is 0 Å². The molecular formula is C7H9N3O. The van der Waals surface area contributed by atoms with Crippen molar-refractivity contribution in [2.75, 3.05) is 6.61 Å². The fraction of sp³-hybridized carbons (Fsp3) is 0.429. The fourth-order valence-corrected chi connectivity index (χ4v) is 1.08. The summed E-state index contributed by atoms with van der Waals surface area (Å²) in [6.45, 7) is 5.70. The van der Waals surface area contributed by atoms with Crippen molar-refractivity contribution in [1.82, 2.24) is 14.8 Å². The number of hydrogen-bond acceptors (Lipinski definition) is 3. The number of fused-ring (bicyclic) bond motifs is 1. The van der Waals surface area contributed by atoms with Gasteiger partial charge in [0.25, 0.3) is 0 Å². The van der Waals surface area contributed by atoms with Gasteiger partial charge in [0.15, 0.2) is 11.6 Å². The Morgan fingerprint density at radius 1 is 1.64 bits per heavy atom. The van der Waals surface area contributed by atoms with E-state index >= 15 is 0 Å². The fourth-order valence-electron chi connectivity index (χ4n) is 1.08. The molecule has 1 aromatic rings. The van der Waals surface area contributed by atoms with E-state index in [0.29, 0.717) is 12.4 Å². The van der Waals surface area contributed by atoms with Gasteiger partial charge in [-0.25, -0.2) is 9.67 Å². The summed E-state index contributed by atoms with van der Waals surface area (Å²) in [5.41, 5.74) is 0. The Kier molecular flexibility index (Phi) is 1.47. The lowest BCUT2D eigenvalue weighted by molar-refractivity contribution is 0.0769. The van der Waals surface area contributed by atoms with E-state index < -0.39 is 0 Å². The van der Waals surface area contributed by atoms with E-state index in [4.69, 9.17) is 4.74 Å². The second kappa shape index (κ2) is 2.47. The molecule has 0 unspecified atom stereocenters. The van der Waals surface area contributed by atoms with E-state index in [1.54, 1.807) is 6.08 Å². The second-order valence-corrected chi connectivity index (χ2v) is 2.37. The van der Waals surface area contributed by atoms with E-state index in [1.165, 1.54) is 0 Å². The molecule has 0 amide bonds. The summed E-state index contributed by atoms with van der Waals surface area (Å²) in [4.78, 5) is 4.18. The maximum Gasteiger partial charge on any atom is 0.173 e. The van der Waals surface area contributed by atoms with Crippen LogP contribution in [0.1, 0.15) is 11.6 Å². The molecule has 0 atom stereocenters. The highest BCUT2D eigenvalue weighted by atomic mass is 16.5. The van der Waals surface area contributed by atoms with Crippen LogP contribution in [0.2, 0.25) is 0 Å². The molecular weight excluding hydrogens is 142 g/mol. The molecule has 4 heteroatoms. The van der Waals surface area contributed by atoms with Gasteiger partial charge in [0.2, 0.25) is 0 Å². The molecule has 0 saturated heterocycles. The van der Waals surface area contributed by atoms with Gasteiger partial charge in [-0.15, -0.1) is 0 Å². The van der Waals surface area contributed by atoms with Gasteiger partial charge in [0.05, 0.1) is 13.2 Å². The summed E-state index contributed by atoms with van der Waals surface area (Å²) >= 11 is 0. The smallest absolute Gasteiger partial charge is 0.173 e. The first kappa shape index (κ1) is 6.54. The minimum absolute atomic E-state index is 0.570. The molecule has 0 N–H and O–H groups in total. The third kappa shape index (κ3) is 1.05. The largest absolute Gasteiger partial charge is 0.372 e. The predicted octanol–water partition coefficient (Wildman–Crippen LogP) is 0.451. The highest BCUT2D eigenvalue weighted by Crippen LogP contribution is 2.06. The van der Waals surface area contributed by atoms with Crippen molar-refractivity contribution in [3.05, 3.63) is 18.2 Å². The summed E-state index contributed by atoms with van der Waals surface area (Å²) in [5, 5.41) is 4.18. The van der Waals surface area contributed by atoms with Crippen LogP contribution in [0.4, 0.5) is 0 Å². The molecule has 1 aliphatic heterocycles. The van der Waals surface area contributed by atoms with Crippen molar-refractivity contribution in [2.24, 2.45) is 0 Å². The van der Waals surface area contributed by atoms with E-state index in [2.05, 4.69) is 16.7 Å². The van der Waals surface area contributed by atoms with Gasteiger partial charge < -0.3 is 4.74 Å². The molecule has 1 aromatic heterocycles. The summed E-state index contributed by atoms with van der Waals surface area (Å²) in [5.74, 6) is 1.58. The van der Waals surface area contributed by atoms with Gasteiger partial charge in [-0.05, 0) is 6.08 Å². The van der Waals surface area contributed by atoms with Crippen LogP contribution >= 0.6 is 0 Å². The summed E-state index contributed by atoms with van der Waals surface area (Å²) in [7, 11) is 0. The van der Waals surface area contributed by atoms with Crippen LogP contribution in [0.15, 0.2) is 6.58 Å². The minimum atomic E-state index is 0.570. The van der Waals surface area contributed by atoms with Gasteiger partial charge in [-0.3, -0.25) is 0 Å². The normalized spacial score (nSPS) is 16.0. The zero-order valence-corrected chi connectivity index (χ0v) is 6.16. The maximum atomic E-state index is 5.20. The molecule has 0 bridgehead atoms. The number of hydrogen-bond donors (Lipinski definition) is 0. The van der Waals surface area contributed by atoms with Crippen LogP contribution in [0.3, 0.4) is 0 Å². The average molecular weight is 151 g/mol. The first-order valence-electron chi connectivity index (χ1n) is 3.54. The number of rotatable bonds is 1. The molecule has 0 aliphatic carbocycles. The van der Waals surface area contributed by atoms with Crippen LogP contribution in [-0.4, -0.2) is 21.4 Å². The molecule has 1 aliphatic rings. The Morgan fingerprint density at radius 3 is 3.27 bits per heavy atom. The van der Waals surface area contributed by atoms with Crippen molar-refractivity contribution in [2.45, 2.75) is 13.2 Å². The first-order valence-corrected chi connectivity index (χ1v) is 3.54. The number of nitrogens with zero attached hydrogens (tertiary/aromatic N) is 3. The van der Waals surface area contributed by atoms with Crippen LogP contribution in [0.5, 0.6) is 0 Å². The van der Waals surface area contributed by atoms with Crippen LogP contribution in [0, 0.1) is 0 Å². The lowest BCUT2D eigenvalue weighted by Crippen LogP contribution is -2.17. The molecule has 2 heterocycles. The highest BCUT2D eigenvalue weighted by molar-refractivity contribution is 5.35. The minimum Gasteiger partial charge on any atom is -0.372 e. The van der Waals surface area contributed by atoms with E-state index in [9.17, 15) is 0 Å². The van der Waals surface area contributed by atoms with E-state index in [1.807, 2.05) is 4.68 Å². The third-order valence-electron chi connectivity index (χ3n) is 1.63. The van der Waals surface area contributed by atoms with Gasteiger partial charge >= 0.3 is 0 Å². The zero-order chi connectivity index (χ0) is 7.68. The Bertz CT molecular complexity index is 256. The highest BCUT2D eigenvalue weighted by Gasteiger charge is 2.11. The quantitative estimate of drug-likeness (QED) is 0.585. The molecule has 0 spiro atoms. The van der Waals surface area contributed by atoms with Crippen molar-refractivity contribution in [3.8, 4) is 0 Å². The molecule has 11 heavy (non-hydrogen) atoms. The molecule has 0 saturated carbocycles. The monoisotopic (exact) mass is 151 g/mol. The van der Waals surface area contributed by atoms with Crippen LogP contribution in [0.25, 0.3) is 6.08 Å². The summed E-state index contributed by atoms with van der Waals surface area (Å²) in [6, 6.07) is 0. The summed E-state index contributed by atoms with van der Waals surface area (Å²) in [6.07, 6.45) is 1.64. The maximum absolute atomic E-state index is 5.20. The number of ether oxygens (including phenoxy) is 1. The van der Waals surface area contributed by atoms with Gasteiger partial charge in [-0.1, -0.05) is 6.58 Å². The molecule has 0 aromatic carbocycles. The van der Waals surface area contributed by atoms with Crippen LogP contribution in [-0.2, 0) is 17.9 Å².